The number of hydrogen-bond donors (Lipinski definition) is 2. The smallest absolute Gasteiger partial charge is 0.271 e. The number of carbonyl (C=O) groups excluding carboxylic acids is 1. The third kappa shape index (κ3) is 1.45. The maximum Gasteiger partial charge on any atom is 0.271 e. The molecule has 0 atom stereocenters. The van der Waals surface area contributed by atoms with Gasteiger partial charge in [0.05, 0.1) is 5.69 Å². The number of hydrogen-bond acceptors (Lipinski definition) is 4. The van der Waals surface area contributed by atoms with Crippen molar-refractivity contribution in [1.29, 1.82) is 0 Å². The highest BCUT2D eigenvalue weighted by Crippen LogP contribution is 2.13. The summed E-state index contributed by atoms with van der Waals surface area (Å²) in [6, 6.07) is 0. The number of halogens is 1. The van der Waals surface area contributed by atoms with Crippen molar-refractivity contribution in [2.24, 2.45) is 5.73 Å². The molecule has 0 fully saturated rings. The van der Waals surface area contributed by atoms with E-state index in [2.05, 4.69) is 9.97 Å². The highest BCUT2D eigenvalue weighted by atomic mass is 35.5. The molecular formula is C6H7ClN4O. The Bertz CT molecular complexity index is 339. The Morgan fingerprint density at radius 2 is 2.08 bits per heavy atom. The Morgan fingerprint density at radius 3 is 2.58 bits per heavy atom. The number of nitrogen functional groups attached to an aromatic ring is 1. The number of carbonyl (C=O) groups is 1. The number of primary amides is 1. The number of rotatable bonds is 1. The minimum atomic E-state index is -0.734. The Labute approximate surface area is 73.7 Å². The molecule has 0 spiro atoms. The highest BCUT2D eigenvalue weighted by molar-refractivity contribution is 6.30. The number of nitrogens with zero attached hydrogens (tertiary/aromatic N) is 2. The van der Waals surface area contributed by atoms with Gasteiger partial charge in [-0.15, -0.1) is 0 Å². The van der Waals surface area contributed by atoms with Crippen molar-refractivity contribution in [3.05, 3.63) is 16.5 Å². The van der Waals surface area contributed by atoms with Crippen LogP contribution in [-0.4, -0.2) is 15.9 Å². The van der Waals surface area contributed by atoms with E-state index in [4.69, 9.17) is 23.1 Å². The van der Waals surface area contributed by atoms with E-state index in [1.807, 2.05) is 0 Å². The van der Waals surface area contributed by atoms with Crippen LogP contribution in [0.4, 0.5) is 5.82 Å². The molecule has 1 rings (SSSR count). The van der Waals surface area contributed by atoms with Gasteiger partial charge in [-0.2, -0.15) is 0 Å². The SMILES string of the molecule is Cc1nc(N)c(C(N)=O)nc1Cl. The molecule has 0 aliphatic carbocycles. The van der Waals surface area contributed by atoms with Gasteiger partial charge in [-0.3, -0.25) is 4.79 Å². The fraction of sp³-hybridized carbons (Fsp3) is 0.167. The average molecular weight is 187 g/mol. The average Bonchev–Trinajstić information content (AvgIpc) is 1.96. The number of aromatic nitrogens is 2. The molecule has 0 unspecified atom stereocenters. The molecule has 4 N–H and O–H groups in total. The largest absolute Gasteiger partial charge is 0.382 e. The Morgan fingerprint density at radius 1 is 1.50 bits per heavy atom. The van der Waals surface area contributed by atoms with Gasteiger partial charge in [-0.25, -0.2) is 9.97 Å². The molecule has 0 aromatic carbocycles. The van der Waals surface area contributed by atoms with Crippen molar-refractivity contribution in [3.63, 3.8) is 0 Å². The van der Waals surface area contributed by atoms with Crippen LogP contribution in [0.3, 0.4) is 0 Å². The van der Waals surface area contributed by atoms with Crippen LogP contribution in [0.5, 0.6) is 0 Å². The van der Waals surface area contributed by atoms with E-state index >= 15 is 0 Å². The number of anilines is 1. The number of nitrogens with two attached hydrogens (primary N) is 2. The summed E-state index contributed by atoms with van der Waals surface area (Å²) in [6.07, 6.45) is 0. The first-order valence-corrected chi connectivity index (χ1v) is 3.49. The van der Waals surface area contributed by atoms with Crippen LogP contribution in [-0.2, 0) is 0 Å². The summed E-state index contributed by atoms with van der Waals surface area (Å²) < 4.78 is 0. The van der Waals surface area contributed by atoms with Gasteiger partial charge < -0.3 is 11.5 Å². The second kappa shape index (κ2) is 2.94. The van der Waals surface area contributed by atoms with Gasteiger partial charge in [0.1, 0.15) is 0 Å². The van der Waals surface area contributed by atoms with E-state index in [1.54, 1.807) is 6.92 Å². The molecule has 0 radical (unpaired) electrons. The normalized spacial score (nSPS) is 9.83. The highest BCUT2D eigenvalue weighted by Gasteiger charge is 2.11. The fourth-order valence-electron chi connectivity index (χ4n) is 0.697. The van der Waals surface area contributed by atoms with Gasteiger partial charge >= 0.3 is 0 Å². The minimum Gasteiger partial charge on any atom is -0.382 e. The third-order valence-corrected chi connectivity index (χ3v) is 1.63. The van der Waals surface area contributed by atoms with Gasteiger partial charge in [-0.05, 0) is 6.92 Å². The number of amides is 1. The lowest BCUT2D eigenvalue weighted by Gasteiger charge is -2.01. The van der Waals surface area contributed by atoms with Crippen LogP contribution in [0, 0.1) is 6.92 Å². The quantitative estimate of drug-likeness (QED) is 0.651. The summed E-state index contributed by atoms with van der Waals surface area (Å²) in [7, 11) is 0. The second-order valence-corrected chi connectivity index (χ2v) is 2.56. The summed E-state index contributed by atoms with van der Waals surface area (Å²) in [5.74, 6) is -0.730. The Kier molecular flexibility index (Phi) is 2.14. The van der Waals surface area contributed by atoms with Crippen molar-refractivity contribution in [2.75, 3.05) is 5.73 Å². The molecule has 0 bridgehead atoms. The molecule has 64 valence electrons. The van der Waals surface area contributed by atoms with Crippen molar-refractivity contribution in [3.8, 4) is 0 Å². The zero-order valence-electron chi connectivity index (χ0n) is 6.34. The van der Waals surface area contributed by atoms with Gasteiger partial charge in [0, 0.05) is 0 Å². The first kappa shape index (κ1) is 8.73. The van der Waals surface area contributed by atoms with Gasteiger partial charge in [0.25, 0.3) is 5.91 Å². The van der Waals surface area contributed by atoms with Crippen LogP contribution >= 0.6 is 11.6 Å². The second-order valence-electron chi connectivity index (χ2n) is 2.20. The number of aryl methyl sites for hydroxylation is 1. The summed E-state index contributed by atoms with van der Waals surface area (Å²) in [5.41, 5.74) is 10.7. The van der Waals surface area contributed by atoms with Gasteiger partial charge in [0.2, 0.25) is 0 Å². The Hall–Kier alpha value is -1.36. The predicted octanol–water partition coefficient (Wildman–Crippen LogP) is 0.120. The molecule has 0 saturated carbocycles. The molecule has 0 saturated heterocycles. The lowest BCUT2D eigenvalue weighted by atomic mass is 10.4. The van der Waals surface area contributed by atoms with Gasteiger partial charge in [-0.1, -0.05) is 11.6 Å². The zero-order valence-corrected chi connectivity index (χ0v) is 7.09. The minimum absolute atomic E-state index is 0.00407. The van der Waals surface area contributed by atoms with Crippen molar-refractivity contribution >= 4 is 23.3 Å². The maximum atomic E-state index is 10.7. The van der Waals surface area contributed by atoms with E-state index in [1.165, 1.54) is 0 Å². The molecule has 0 aliphatic heterocycles. The van der Waals surface area contributed by atoms with Crippen molar-refractivity contribution in [1.82, 2.24) is 9.97 Å². The molecule has 1 aromatic rings. The van der Waals surface area contributed by atoms with Crippen LogP contribution in [0.15, 0.2) is 0 Å². The fourth-order valence-corrected chi connectivity index (χ4v) is 0.824. The summed E-state index contributed by atoms with van der Waals surface area (Å²) in [6.45, 7) is 1.64. The molecule has 6 heteroatoms. The van der Waals surface area contributed by atoms with E-state index in [0.29, 0.717) is 5.69 Å². The van der Waals surface area contributed by atoms with Crippen LogP contribution in [0.2, 0.25) is 5.15 Å². The maximum absolute atomic E-state index is 10.7. The van der Waals surface area contributed by atoms with Gasteiger partial charge in [0.15, 0.2) is 16.7 Å². The molecule has 0 aliphatic rings. The zero-order chi connectivity index (χ0) is 9.30. The Balaban J connectivity index is 3.33. The lowest BCUT2D eigenvalue weighted by Crippen LogP contribution is -2.17. The summed E-state index contributed by atoms with van der Waals surface area (Å²) in [4.78, 5) is 18.1. The monoisotopic (exact) mass is 186 g/mol. The van der Waals surface area contributed by atoms with E-state index in [0.717, 1.165) is 0 Å². The van der Waals surface area contributed by atoms with Crippen molar-refractivity contribution < 1.29 is 4.79 Å². The third-order valence-electron chi connectivity index (χ3n) is 1.27. The first-order chi connectivity index (χ1) is 5.52. The topological polar surface area (TPSA) is 94.9 Å². The van der Waals surface area contributed by atoms with E-state index in [9.17, 15) is 4.79 Å². The van der Waals surface area contributed by atoms with E-state index < -0.39 is 5.91 Å². The lowest BCUT2D eigenvalue weighted by molar-refractivity contribution is 0.0996. The van der Waals surface area contributed by atoms with Crippen LogP contribution in [0.25, 0.3) is 0 Å². The predicted molar refractivity (Wildman–Crippen MR) is 44.7 cm³/mol. The van der Waals surface area contributed by atoms with Crippen LogP contribution in [0.1, 0.15) is 16.2 Å². The van der Waals surface area contributed by atoms with Crippen molar-refractivity contribution in [2.45, 2.75) is 6.92 Å². The molecule has 1 amide bonds. The summed E-state index contributed by atoms with van der Waals surface area (Å²) >= 11 is 5.59. The van der Waals surface area contributed by atoms with Crippen LogP contribution < -0.4 is 11.5 Å². The standard InChI is InChI=1S/C6H7ClN4O/c1-2-4(7)11-3(6(9)12)5(8)10-2/h1H3,(H2,8,10)(H2,9,12). The molecule has 1 heterocycles. The first-order valence-electron chi connectivity index (χ1n) is 3.11. The molecule has 5 nitrogen and oxygen atoms in total. The van der Waals surface area contributed by atoms with E-state index in [-0.39, 0.29) is 16.7 Å². The molecular weight excluding hydrogens is 180 g/mol. The molecule has 1 aromatic heterocycles. The summed E-state index contributed by atoms with van der Waals surface area (Å²) in [5, 5.41) is 0.137. The molecule has 12 heavy (non-hydrogen) atoms.